The van der Waals surface area contributed by atoms with Crippen LogP contribution in [0.25, 0.3) is 21.9 Å². The molecule has 136 valence electrons. The van der Waals surface area contributed by atoms with Gasteiger partial charge in [-0.05, 0) is 44.5 Å². The van der Waals surface area contributed by atoms with Crippen LogP contribution in [0.5, 0.6) is 0 Å². The third kappa shape index (κ3) is 3.53. The maximum Gasteiger partial charge on any atom is 0.234 e. The average molecular weight is 376 g/mol. The molecule has 5 nitrogen and oxygen atoms in total. The summed E-state index contributed by atoms with van der Waals surface area (Å²) in [5.74, 6) is 0.235. The highest BCUT2D eigenvalue weighted by atomic mass is 32.2. The van der Waals surface area contributed by atoms with Crippen LogP contribution in [0.4, 0.5) is 5.69 Å². The molecule has 0 aliphatic carbocycles. The fourth-order valence-corrected chi connectivity index (χ4v) is 3.92. The molecule has 0 bridgehead atoms. The Bertz CT molecular complexity index is 1170. The summed E-state index contributed by atoms with van der Waals surface area (Å²) in [4.78, 5) is 24.6. The van der Waals surface area contributed by atoms with E-state index in [-0.39, 0.29) is 11.7 Å². The van der Waals surface area contributed by atoms with Gasteiger partial charge in [0.15, 0.2) is 0 Å². The van der Waals surface area contributed by atoms with Crippen LogP contribution in [-0.4, -0.2) is 26.6 Å². The van der Waals surface area contributed by atoms with Crippen LogP contribution in [0, 0.1) is 20.8 Å². The lowest BCUT2D eigenvalue weighted by atomic mass is 10.1. The van der Waals surface area contributed by atoms with Crippen molar-refractivity contribution < 1.29 is 4.79 Å². The zero-order chi connectivity index (χ0) is 19.0. The van der Waals surface area contributed by atoms with Crippen molar-refractivity contribution in [3.8, 4) is 0 Å². The molecular formula is C21H20N4OS. The topological polar surface area (TPSA) is 70.7 Å². The molecule has 0 radical (unpaired) electrons. The number of hydrogen-bond acceptors (Lipinski definition) is 4. The van der Waals surface area contributed by atoms with Gasteiger partial charge in [0.25, 0.3) is 0 Å². The first kappa shape index (κ1) is 17.5. The first-order valence-corrected chi connectivity index (χ1v) is 9.73. The molecule has 0 aliphatic heterocycles. The molecule has 2 heterocycles. The smallest absolute Gasteiger partial charge is 0.234 e. The molecule has 4 aromatic rings. The minimum atomic E-state index is -0.0503. The molecule has 0 saturated carbocycles. The van der Waals surface area contributed by atoms with E-state index in [2.05, 4.69) is 45.4 Å². The number of nitrogens with zero attached hydrogens (tertiary/aromatic N) is 2. The van der Waals surface area contributed by atoms with Crippen LogP contribution in [0.1, 0.15) is 16.7 Å². The predicted octanol–water partition coefficient (Wildman–Crippen LogP) is 4.77. The van der Waals surface area contributed by atoms with Crippen molar-refractivity contribution in [1.82, 2.24) is 15.0 Å². The number of carbonyl (C=O) groups excluding carboxylic acids is 1. The molecule has 2 aromatic carbocycles. The number of aromatic amines is 1. The van der Waals surface area contributed by atoms with Gasteiger partial charge >= 0.3 is 0 Å². The Balaban J connectivity index is 1.55. The molecule has 1 amide bonds. The van der Waals surface area contributed by atoms with Gasteiger partial charge < -0.3 is 10.3 Å². The van der Waals surface area contributed by atoms with E-state index in [1.165, 1.54) is 22.9 Å². The number of amides is 1. The van der Waals surface area contributed by atoms with E-state index >= 15 is 0 Å². The number of H-pyrrole nitrogens is 1. The summed E-state index contributed by atoms with van der Waals surface area (Å²) >= 11 is 1.41. The van der Waals surface area contributed by atoms with E-state index in [0.717, 1.165) is 38.2 Å². The largest absolute Gasteiger partial charge is 0.351 e. The monoisotopic (exact) mass is 376 g/mol. The van der Waals surface area contributed by atoms with Crippen molar-refractivity contribution in [2.45, 2.75) is 25.8 Å². The number of nitrogens with one attached hydrogen (secondary N) is 2. The third-order valence-corrected chi connectivity index (χ3v) is 5.49. The van der Waals surface area contributed by atoms with Gasteiger partial charge in [-0.15, -0.1) is 0 Å². The summed E-state index contributed by atoms with van der Waals surface area (Å²) in [6, 6.07) is 12.2. The van der Waals surface area contributed by atoms with Crippen LogP contribution >= 0.6 is 11.8 Å². The summed E-state index contributed by atoms with van der Waals surface area (Å²) in [5.41, 5.74) is 7.06. The van der Waals surface area contributed by atoms with E-state index in [1.807, 2.05) is 32.0 Å². The standard InChI is InChI=1S/C21H20N4OS/c1-12-4-6-16(14(3)8-12)24-18(26)10-27-21-20-19(22-11-23-21)15-9-13(2)5-7-17(15)25-20/h4-9,11,25H,10H2,1-3H3,(H,24,26). The number of rotatable bonds is 4. The minimum Gasteiger partial charge on any atom is -0.351 e. The molecule has 0 fully saturated rings. The number of thioether (sulfide) groups is 1. The van der Waals surface area contributed by atoms with Gasteiger partial charge in [-0.2, -0.15) is 0 Å². The number of aryl methyl sites for hydroxylation is 3. The average Bonchev–Trinajstić information content (AvgIpc) is 3.01. The maximum atomic E-state index is 12.4. The van der Waals surface area contributed by atoms with Gasteiger partial charge in [0.05, 0.1) is 11.3 Å². The van der Waals surface area contributed by atoms with E-state index in [1.54, 1.807) is 6.33 Å². The molecular weight excluding hydrogens is 356 g/mol. The molecule has 6 heteroatoms. The Labute approximate surface area is 161 Å². The lowest BCUT2D eigenvalue weighted by Gasteiger charge is -2.09. The van der Waals surface area contributed by atoms with Crippen LogP contribution in [0.3, 0.4) is 0 Å². The first-order valence-electron chi connectivity index (χ1n) is 8.74. The highest BCUT2D eigenvalue weighted by molar-refractivity contribution is 8.00. The normalized spacial score (nSPS) is 11.2. The molecule has 27 heavy (non-hydrogen) atoms. The fraction of sp³-hybridized carbons (Fsp3) is 0.190. The van der Waals surface area contributed by atoms with Crippen molar-refractivity contribution in [3.63, 3.8) is 0 Å². The molecule has 0 unspecified atom stereocenters. The van der Waals surface area contributed by atoms with Crippen LogP contribution in [-0.2, 0) is 4.79 Å². The lowest BCUT2D eigenvalue weighted by molar-refractivity contribution is -0.113. The van der Waals surface area contributed by atoms with Gasteiger partial charge in [0.2, 0.25) is 5.91 Å². The van der Waals surface area contributed by atoms with Crippen LogP contribution < -0.4 is 5.32 Å². The fourth-order valence-electron chi connectivity index (χ4n) is 3.17. The summed E-state index contributed by atoms with van der Waals surface area (Å²) in [7, 11) is 0. The van der Waals surface area contributed by atoms with Crippen molar-refractivity contribution in [3.05, 3.63) is 59.4 Å². The quantitative estimate of drug-likeness (QED) is 0.398. The number of aromatic nitrogens is 3. The highest BCUT2D eigenvalue weighted by Crippen LogP contribution is 2.30. The predicted molar refractivity (Wildman–Crippen MR) is 111 cm³/mol. The molecule has 2 N–H and O–H groups in total. The van der Waals surface area contributed by atoms with Crippen molar-refractivity contribution in [1.29, 1.82) is 0 Å². The number of benzene rings is 2. The van der Waals surface area contributed by atoms with Crippen LogP contribution in [0.15, 0.2) is 47.8 Å². The van der Waals surface area contributed by atoms with E-state index in [0.29, 0.717) is 0 Å². The maximum absolute atomic E-state index is 12.4. The Morgan fingerprint density at radius 2 is 1.85 bits per heavy atom. The molecule has 0 atom stereocenters. The molecule has 0 saturated heterocycles. The SMILES string of the molecule is Cc1ccc(NC(=O)CSc2ncnc3c2[nH]c2ccc(C)cc23)c(C)c1. The second kappa shape index (κ2) is 7.04. The Hall–Kier alpha value is -2.86. The van der Waals surface area contributed by atoms with Crippen molar-refractivity contribution in [2.24, 2.45) is 0 Å². The Morgan fingerprint density at radius 1 is 1.07 bits per heavy atom. The summed E-state index contributed by atoms with van der Waals surface area (Å²) in [5, 5.41) is 4.84. The van der Waals surface area contributed by atoms with Gasteiger partial charge in [-0.3, -0.25) is 4.79 Å². The van der Waals surface area contributed by atoms with Gasteiger partial charge in [0.1, 0.15) is 16.9 Å². The molecule has 0 spiro atoms. The number of anilines is 1. The zero-order valence-electron chi connectivity index (χ0n) is 15.5. The van der Waals surface area contributed by atoms with Crippen LogP contribution in [0.2, 0.25) is 0 Å². The lowest BCUT2D eigenvalue weighted by Crippen LogP contribution is -2.15. The summed E-state index contributed by atoms with van der Waals surface area (Å²) in [6.07, 6.45) is 1.56. The van der Waals surface area contributed by atoms with Gasteiger partial charge in [-0.1, -0.05) is 41.1 Å². The molecule has 2 aromatic heterocycles. The number of fused-ring (bicyclic) bond motifs is 3. The summed E-state index contributed by atoms with van der Waals surface area (Å²) in [6.45, 7) is 6.10. The Kier molecular flexibility index (Phi) is 4.58. The van der Waals surface area contributed by atoms with Gasteiger partial charge in [0, 0.05) is 16.6 Å². The minimum absolute atomic E-state index is 0.0503. The van der Waals surface area contributed by atoms with Crippen molar-refractivity contribution >= 4 is 45.3 Å². The first-order chi connectivity index (χ1) is 13.0. The van der Waals surface area contributed by atoms with Gasteiger partial charge in [-0.25, -0.2) is 9.97 Å². The molecule has 4 rings (SSSR count). The summed E-state index contributed by atoms with van der Waals surface area (Å²) < 4.78 is 0. The van der Waals surface area contributed by atoms with E-state index in [9.17, 15) is 4.79 Å². The van der Waals surface area contributed by atoms with E-state index in [4.69, 9.17) is 0 Å². The number of carbonyl (C=O) groups is 1. The van der Waals surface area contributed by atoms with Crippen molar-refractivity contribution in [2.75, 3.05) is 11.1 Å². The molecule has 0 aliphatic rings. The third-order valence-electron chi connectivity index (χ3n) is 4.50. The zero-order valence-corrected chi connectivity index (χ0v) is 16.3. The Morgan fingerprint density at radius 3 is 2.67 bits per heavy atom. The highest BCUT2D eigenvalue weighted by Gasteiger charge is 2.13. The second-order valence-corrected chi connectivity index (χ2v) is 7.70. The number of hydrogen-bond donors (Lipinski definition) is 2. The second-order valence-electron chi connectivity index (χ2n) is 6.73. The van der Waals surface area contributed by atoms with E-state index < -0.39 is 0 Å².